The summed E-state index contributed by atoms with van der Waals surface area (Å²) in [5.74, 6) is 0.236. The van der Waals surface area contributed by atoms with Crippen LogP contribution >= 0.6 is 0 Å². The number of nitrogens with one attached hydrogen (secondary N) is 1. The molecule has 132 valence electrons. The number of rotatable bonds is 4. The molecule has 0 fully saturated rings. The monoisotopic (exact) mass is 348 g/mol. The fraction of sp³-hybridized carbons (Fsp3) is 0.250. The molecule has 4 rings (SSSR count). The maximum Gasteiger partial charge on any atom is 0.294 e. The lowest BCUT2D eigenvalue weighted by Crippen LogP contribution is -2.29. The highest BCUT2D eigenvalue weighted by molar-refractivity contribution is 6.02. The Bertz CT molecular complexity index is 950. The molecule has 6 nitrogen and oxygen atoms in total. The number of aryl methyl sites for hydroxylation is 1. The van der Waals surface area contributed by atoms with E-state index < -0.39 is 0 Å². The van der Waals surface area contributed by atoms with Crippen LogP contribution < -0.4 is 10.2 Å². The highest BCUT2D eigenvalue weighted by atomic mass is 16.3. The van der Waals surface area contributed by atoms with Crippen molar-refractivity contribution in [3.05, 3.63) is 71.4 Å². The van der Waals surface area contributed by atoms with Crippen LogP contribution in [-0.2, 0) is 13.0 Å². The van der Waals surface area contributed by atoms with Gasteiger partial charge in [0.05, 0.1) is 6.26 Å². The molecule has 26 heavy (non-hydrogen) atoms. The molecule has 1 aliphatic rings. The number of fused-ring (bicyclic) bond motifs is 1. The van der Waals surface area contributed by atoms with Gasteiger partial charge < -0.3 is 9.32 Å². The molecule has 3 aromatic rings. The van der Waals surface area contributed by atoms with E-state index in [1.54, 1.807) is 18.5 Å². The van der Waals surface area contributed by atoms with Crippen molar-refractivity contribution in [3.8, 4) is 0 Å². The van der Waals surface area contributed by atoms with Gasteiger partial charge in [0.15, 0.2) is 5.76 Å². The van der Waals surface area contributed by atoms with Gasteiger partial charge in [-0.05, 0) is 44.0 Å². The standard InChI is InChI=1S/C20H20N4O2/c1-13-7-9-21-20(22-13)23-19(25)18-16(8-10-26-18)12-24-14(2)11-15-5-3-4-6-17(15)24/h3-10,14H,11-12H2,1-2H3,(H,21,22,23,25). The molecular weight excluding hydrogens is 328 g/mol. The van der Waals surface area contributed by atoms with Gasteiger partial charge in [-0.3, -0.25) is 10.1 Å². The van der Waals surface area contributed by atoms with E-state index in [1.165, 1.54) is 11.3 Å². The van der Waals surface area contributed by atoms with Crippen LogP contribution in [0.25, 0.3) is 0 Å². The SMILES string of the molecule is Cc1ccnc(NC(=O)c2occc2CN2c3ccccc3CC2C)n1. The van der Waals surface area contributed by atoms with E-state index in [1.807, 2.05) is 19.1 Å². The van der Waals surface area contributed by atoms with E-state index in [2.05, 4.69) is 45.3 Å². The summed E-state index contributed by atoms with van der Waals surface area (Å²) in [5.41, 5.74) is 4.19. The van der Waals surface area contributed by atoms with Crippen molar-refractivity contribution in [2.24, 2.45) is 0 Å². The Hall–Kier alpha value is -3.15. The predicted octanol–water partition coefficient (Wildman–Crippen LogP) is 3.58. The number of para-hydroxylation sites is 1. The molecule has 2 aromatic heterocycles. The molecule has 6 heteroatoms. The molecule has 0 saturated carbocycles. The Morgan fingerprint density at radius 2 is 2.15 bits per heavy atom. The van der Waals surface area contributed by atoms with Gasteiger partial charge in [-0.25, -0.2) is 9.97 Å². The first-order valence-corrected chi connectivity index (χ1v) is 8.64. The third-order valence-corrected chi connectivity index (χ3v) is 4.66. The van der Waals surface area contributed by atoms with Crippen LogP contribution in [-0.4, -0.2) is 21.9 Å². The Morgan fingerprint density at radius 1 is 1.31 bits per heavy atom. The largest absolute Gasteiger partial charge is 0.459 e. The van der Waals surface area contributed by atoms with Crippen LogP contribution in [0.4, 0.5) is 11.6 Å². The third kappa shape index (κ3) is 3.06. The van der Waals surface area contributed by atoms with Gasteiger partial charge in [-0.15, -0.1) is 0 Å². The lowest BCUT2D eigenvalue weighted by atomic mass is 10.1. The number of anilines is 2. The second-order valence-corrected chi connectivity index (χ2v) is 6.56. The van der Waals surface area contributed by atoms with Crippen LogP contribution in [0.2, 0.25) is 0 Å². The molecule has 1 atom stereocenters. The first-order valence-electron chi connectivity index (χ1n) is 8.64. The van der Waals surface area contributed by atoms with E-state index in [0.717, 1.165) is 17.7 Å². The number of benzene rings is 1. The highest BCUT2D eigenvalue weighted by Crippen LogP contribution is 2.33. The van der Waals surface area contributed by atoms with E-state index in [0.29, 0.717) is 18.3 Å². The van der Waals surface area contributed by atoms with Crippen LogP contribution in [0.15, 0.2) is 53.3 Å². The van der Waals surface area contributed by atoms with Crippen LogP contribution in [0, 0.1) is 6.92 Å². The smallest absolute Gasteiger partial charge is 0.294 e. The lowest BCUT2D eigenvalue weighted by molar-refractivity contribution is 0.0994. The third-order valence-electron chi connectivity index (χ3n) is 4.66. The molecule has 0 radical (unpaired) electrons. The van der Waals surface area contributed by atoms with Crippen molar-refractivity contribution in [2.45, 2.75) is 32.9 Å². The van der Waals surface area contributed by atoms with E-state index in [4.69, 9.17) is 4.42 Å². The average molecular weight is 348 g/mol. The summed E-state index contributed by atoms with van der Waals surface area (Å²) in [5, 5.41) is 2.71. The first-order chi connectivity index (χ1) is 12.6. The van der Waals surface area contributed by atoms with Gasteiger partial charge in [0, 0.05) is 35.7 Å². The molecule has 1 aromatic carbocycles. The normalized spacial score (nSPS) is 15.8. The van der Waals surface area contributed by atoms with E-state index in [9.17, 15) is 4.79 Å². The average Bonchev–Trinajstić information content (AvgIpc) is 3.20. The van der Waals surface area contributed by atoms with Gasteiger partial charge >= 0.3 is 0 Å². The van der Waals surface area contributed by atoms with Crippen molar-refractivity contribution < 1.29 is 9.21 Å². The summed E-state index contributed by atoms with van der Waals surface area (Å²) in [6.07, 6.45) is 4.17. The van der Waals surface area contributed by atoms with Gasteiger partial charge in [0.25, 0.3) is 5.91 Å². The quantitative estimate of drug-likeness (QED) is 0.780. The number of carbonyl (C=O) groups is 1. The molecule has 1 N–H and O–H groups in total. The van der Waals surface area contributed by atoms with Gasteiger partial charge in [0.2, 0.25) is 5.95 Å². The topological polar surface area (TPSA) is 71.3 Å². The molecule has 0 spiro atoms. The Kier molecular flexibility index (Phi) is 4.16. The number of hydrogen-bond acceptors (Lipinski definition) is 5. The number of carbonyl (C=O) groups excluding carboxylic acids is 1. The minimum Gasteiger partial charge on any atom is -0.459 e. The maximum atomic E-state index is 12.6. The second-order valence-electron chi connectivity index (χ2n) is 6.56. The number of nitrogens with zero attached hydrogens (tertiary/aromatic N) is 3. The zero-order valence-corrected chi connectivity index (χ0v) is 14.8. The molecule has 0 aliphatic carbocycles. The summed E-state index contributed by atoms with van der Waals surface area (Å²) >= 11 is 0. The Balaban J connectivity index is 1.55. The highest BCUT2D eigenvalue weighted by Gasteiger charge is 2.27. The summed E-state index contributed by atoms with van der Waals surface area (Å²) in [6.45, 7) is 4.66. The number of furan rings is 1. The van der Waals surface area contributed by atoms with Crippen LogP contribution in [0.5, 0.6) is 0 Å². The fourth-order valence-corrected chi connectivity index (χ4v) is 3.38. The van der Waals surface area contributed by atoms with Gasteiger partial charge in [0.1, 0.15) is 0 Å². The summed E-state index contributed by atoms with van der Waals surface area (Å²) in [7, 11) is 0. The lowest BCUT2D eigenvalue weighted by Gasteiger charge is -2.24. The van der Waals surface area contributed by atoms with Gasteiger partial charge in [-0.1, -0.05) is 18.2 Å². The molecule has 1 aliphatic heterocycles. The molecule has 1 unspecified atom stereocenters. The molecule has 0 bridgehead atoms. The second kappa shape index (κ2) is 6.63. The first kappa shape index (κ1) is 16.3. The summed E-state index contributed by atoms with van der Waals surface area (Å²) < 4.78 is 5.47. The molecule has 1 amide bonds. The number of aromatic nitrogens is 2. The van der Waals surface area contributed by atoms with Crippen LogP contribution in [0.1, 0.15) is 34.3 Å². The number of hydrogen-bond donors (Lipinski definition) is 1. The Morgan fingerprint density at radius 3 is 3.00 bits per heavy atom. The summed E-state index contributed by atoms with van der Waals surface area (Å²) in [6, 6.07) is 12.4. The minimum atomic E-state index is -0.337. The molecule has 3 heterocycles. The molecule has 0 saturated heterocycles. The fourth-order valence-electron chi connectivity index (χ4n) is 3.38. The zero-order chi connectivity index (χ0) is 18.1. The van der Waals surface area contributed by atoms with Gasteiger partial charge in [-0.2, -0.15) is 0 Å². The Labute approximate surface area is 151 Å². The van der Waals surface area contributed by atoms with Crippen molar-refractivity contribution >= 4 is 17.5 Å². The maximum absolute atomic E-state index is 12.6. The van der Waals surface area contributed by atoms with Crippen molar-refractivity contribution in [1.82, 2.24) is 9.97 Å². The predicted molar refractivity (Wildman–Crippen MR) is 99.2 cm³/mol. The van der Waals surface area contributed by atoms with Crippen molar-refractivity contribution in [3.63, 3.8) is 0 Å². The molecular formula is C20H20N4O2. The van der Waals surface area contributed by atoms with Crippen molar-refractivity contribution in [2.75, 3.05) is 10.2 Å². The minimum absolute atomic E-state index is 0.275. The summed E-state index contributed by atoms with van der Waals surface area (Å²) in [4.78, 5) is 23.2. The van der Waals surface area contributed by atoms with Crippen LogP contribution in [0.3, 0.4) is 0 Å². The van der Waals surface area contributed by atoms with E-state index >= 15 is 0 Å². The zero-order valence-electron chi connectivity index (χ0n) is 14.8. The van der Waals surface area contributed by atoms with Crippen molar-refractivity contribution in [1.29, 1.82) is 0 Å². The number of amides is 1. The van der Waals surface area contributed by atoms with E-state index in [-0.39, 0.29) is 11.9 Å².